The first-order valence-electron chi connectivity index (χ1n) is 9.63. The van der Waals surface area contributed by atoms with Gasteiger partial charge in [0.05, 0.1) is 36.5 Å². The number of hydrogen-bond donors (Lipinski definition) is 0. The third-order valence-electron chi connectivity index (χ3n) is 5.08. The molecule has 0 amide bonds. The smallest absolute Gasteiger partial charge is 0.341 e. The van der Waals surface area contributed by atoms with Gasteiger partial charge in [0.2, 0.25) is 0 Å². The molecule has 160 valence electrons. The largest absolute Gasteiger partial charge is 0.496 e. The van der Waals surface area contributed by atoms with Gasteiger partial charge in [0.15, 0.2) is 5.82 Å². The zero-order chi connectivity index (χ0) is 22.2. The number of carbonyl (C=O) groups excluding carboxylic acids is 1. The number of carbonyl (C=O) groups is 1. The topological polar surface area (TPSA) is 101 Å². The Balaban J connectivity index is 1.76. The second kappa shape index (κ2) is 7.89. The van der Waals surface area contributed by atoms with Crippen molar-refractivity contribution in [1.82, 2.24) is 24.1 Å². The Hall–Kier alpha value is -4.05. The first kappa shape index (κ1) is 19.9. The van der Waals surface area contributed by atoms with E-state index >= 15 is 0 Å². The molecule has 0 N–H and O–H groups in total. The minimum absolute atomic E-state index is 0.187. The molecule has 1 aromatic carbocycles. The van der Waals surface area contributed by atoms with Crippen molar-refractivity contribution in [1.29, 1.82) is 0 Å². The van der Waals surface area contributed by atoms with E-state index in [0.29, 0.717) is 17.1 Å². The van der Waals surface area contributed by atoms with Crippen LogP contribution in [-0.4, -0.2) is 44.3 Å². The molecule has 0 bridgehead atoms. The minimum atomic E-state index is -0.593. The molecule has 0 aliphatic carbocycles. The lowest BCUT2D eigenvalue weighted by molar-refractivity contribution is 0.0601. The fraction of sp³-hybridized carbons (Fsp3) is 0.136. The molecule has 0 saturated carbocycles. The van der Waals surface area contributed by atoms with Crippen LogP contribution in [0.4, 0.5) is 0 Å². The summed E-state index contributed by atoms with van der Waals surface area (Å²) in [5, 5.41) is 6.67. The van der Waals surface area contributed by atoms with Crippen LogP contribution in [0.1, 0.15) is 15.9 Å². The molecule has 0 aliphatic heterocycles. The van der Waals surface area contributed by atoms with Crippen LogP contribution in [0.2, 0.25) is 0 Å². The van der Waals surface area contributed by atoms with Gasteiger partial charge in [0, 0.05) is 18.0 Å². The Labute approximate surface area is 185 Å². The lowest BCUT2D eigenvalue weighted by Gasteiger charge is -2.13. The van der Waals surface area contributed by atoms with Gasteiger partial charge < -0.3 is 14.0 Å². The number of hydrogen-bond acceptors (Lipinski definition) is 8. The van der Waals surface area contributed by atoms with Gasteiger partial charge in [-0.3, -0.25) is 4.79 Å². The van der Waals surface area contributed by atoms with E-state index in [4.69, 9.17) is 9.47 Å². The maximum Gasteiger partial charge on any atom is 0.341 e. The van der Waals surface area contributed by atoms with Crippen LogP contribution in [0.15, 0.2) is 59.0 Å². The molecular formula is C22H17N5O4S. The Kier molecular flexibility index (Phi) is 4.91. The van der Waals surface area contributed by atoms with Crippen LogP contribution in [0.5, 0.6) is 5.75 Å². The molecule has 0 aliphatic rings. The third kappa shape index (κ3) is 3.21. The fourth-order valence-electron chi connectivity index (χ4n) is 3.59. The van der Waals surface area contributed by atoms with Gasteiger partial charge in [-0.15, -0.1) is 16.4 Å². The van der Waals surface area contributed by atoms with Crippen molar-refractivity contribution >= 4 is 34.0 Å². The maximum atomic E-state index is 13.3. The molecular weight excluding hydrogens is 430 g/mol. The van der Waals surface area contributed by atoms with Gasteiger partial charge >= 0.3 is 5.97 Å². The number of benzene rings is 1. The molecule has 0 saturated heterocycles. The molecule has 10 heteroatoms. The van der Waals surface area contributed by atoms with Gasteiger partial charge in [-0.1, -0.05) is 24.3 Å². The van der Waals surface area contributed by atoms with Crippen molar-refractivity contribution in [2.24, 2.45) is 0 Å². The van der Waals surface area contributed by atoms with Crippen molar-refractivity contribution in [3.8, 4) is 16.5 Å². The number of aromatic nitrogens is 5. The molecule has 5 aromatic rings. The van der Waals surface area contributed by atoms with E-state index in [2.05, 4.69) is 15.1 Å². The van der Waals surface area contributed by atoms with E-state index < -0.39 is 5.97 Å². The normalized spacial score (nSPS) is 11.2. The predicted molar refractivity (Wildman–Crippen MR) is 119 cm³/mol. The summed E-state index contributed by atoms with van der Waals surface area (Å²) in [6.07, 6.45) is 2.90. The quantitative estimate of drug-likeness (QED) is 0.382. The monoisotopic (exact) mass is 447 g/mol. The highest BCUT2D eigenvalue weighted by atomic mass is 32.1. The minimum Gasteiger partial charge on any atom is -0.496 e. The number of nitrogens with zero attached hydrogens (tertiary/aromatic N) is 5. The number of rotatable bonds is 5. The number of methoxy groups -OCH3 is 2. The second-order valence-corrected chi connectivity index (χ2v) is 7.87. The highest BCUT2D eigenvalue weighted by Gasteiger charge is 2.21. The van der Waals surface area contributed by atoms with Gasteiger partial charge in [-0.25, -0.2) is 9.78 Å². The maximum absolute atomic E-state index is 13.3. The van der Waals surface area contributed by atoms with Gasteiger partial charge in [0.25, 0.3) is 11.3 Å². The summed E-state index contributed by atoms with van der Waals surface area (Å²) in [6.45, 7) is 0.207. The van der Waals surface area contributed by atoms with Crippen molar-refractivity contribution in [3.05, 3.63) is 75.7 Å². The Morgan fingerprint density at radius 2 is 2.00 bits per heavy atom. The number of fused-ring (bicyclic) bond motifs is 3. The fourth-order valence-corrected chi connectivity index (χ4v) is 4.24. The lowest BCUT2D eigenvalue weighted by Crippen LogP contribution is -2.24. The summed E-state index contributed by atoms with van der Waals surface area (Å²) in [5.41, 5.74) is 0.966. The van der Waals surface area contributed by atoms with Gasteiger partial charge in [-0.05, 0) is 17.5 Å². The van der Waals surface area contributed by atoms with Crippen molar-refractivity contribution in [3.63, 3.8) is 0 Å². The first-order chi connectivity index (χ1) is 15.6. The number of pyridine rings is 1. The summed E-state index contributed by atoms with van der Waals surface area (Å²) in [5.74, 6) is 0.802. The van der Waals surface area contributed by atoms with Crippen LogP contribution in [0.25, 0.3) is 27.4 Å². The molecule has 4 aromatic heterocycles. The van der Waals surface area contributed by atoms with Crippen molar-refractivity contribution in [2.45, 2.75) is 6.54 Å². The molecule has 0 spiro atoms. The molecule has 0 radical (unpaired) electrons. The summed E-state index contributed by atoms with van der Waals surface area (Å²) < 4.78 is 13.3. The van der Waals surface area contributed by atoms with E-state index in [9.17, 15) is 9.59 Å². The number of thiophene rings is 1. The van der Waals surface area contributed by atoms with Crippen LogP contribution in [0.3, 0.4) is 0 Å². The van der Waals surface area contributed by atoms with E-state index in [0.717, 1.165) is 10.4 Å². The van der Waals surface area contributed by atoms with Crippen LogP contribution in [0, 0.1) is 0 Å². The molecule has 0 atom stereocenters. The summed E-state index contributed by atoms with van der Waals surface area (Å²) in [7, 11) is 2.86. The number of ether oxygens (including phenoxy) is 2. The van der Waals surface area contributed by atoms with E-state index in [1.165, 1.54) is 39.9 Å². The van der Waals surface area contributed by atoms with Crippen LogP contribution >= 0.6 is 11.3 Å². The Morgan fingerprint density at radius 3 is 2.75 bits per heavy atom. The SMILES string of the molecule is COC(=O)c1cn(Cc2ccccc2OC)c(=O)c2cnc3nc(-c4cccs4)nn3c12. The molecule has 4 heterocycles. The summed E-state index contributed by atoms with van der Waals surface area (Å²) in [4.78, 5) is 35.7. The molecule has 0 unspecified atom stereocenters. The Morgan fingerprint density at radius 1 is 1.16 bits per heavy atom. The molecule has 5 rings (SSSR count). The van der Waals surface area contributed by atoms with Crippen molar-refractivity contribution in [2.75, 3.05) is 14.2 Å². The number of para-hydroxylation sites is 1. The average molecular weight is 447 g/mol. The van der Waals surface area contributed by atoms with E-state index in [-0.39, 0.29) is 28.8 Å². The predicted octanol–water partition coefficient (Wildman–Crippen LogP) is 3.01. The summed E-state index contributed by atoms with van der Waals surface area (Å²) >= 11 is 1.49. The molecule has 32 heavy (non-hydrogen) atoms. The molecule has 9 nitrogen and oxygen atoms in total. The highest BCUT2D eigenvalue weighted by Crippen LogP contribution is 2.24. The Bertz CT molecular complexity index is 1520. The van der Waals surface area contributed by atoms with Crippen LogP contribution < -0.4 is 10.3 Å². The number of esters is 1. The third-order valence-corrected chi connectivity index (χ3v) is 5.94. The average Bonchev–Trinajstić information content (AvgIpc) is 3.50. The molecule has 0 fully saturated rings. The zero-order valence-electron chi connectivity index (χ0n) is 17.2. The van der Waals surface area contributed by atoms with E-state index in [1.54, 1.807) is 7.11 Å². The first-order valence-corrected chi connectivity index (χ1v) is 10.5. The lowest BCUT2D eigenvalue weighted by atomic mass is 10.1. The zero-order valence-corrected chi connectivity index (χ0v) is 18.0. The van der Waals surface area contributed by atoms with Crippen LogP contribution in [-0.2, 0) is 11.3 Å². The highest BCUT2D eigenvalue weighted by molar-refractivity contribution is 7.13. The van der Waals surface area contributed by atoms with E-state index in [1.807, 2.05) is 41.8 Å². The summed E-state index contributed by atoms with van der Waals surface area (Å²) in [6, 6.07) is 11.2. The second-order valence-electron chi connectivity index (χ2n) is 6.92. The van der Waals surface area contributed by atoms with Gasteiger partial charge in [-0.2, -0.15) is 9.50 Å². The standard InChI is InChI=1S/C22H17N5O4S/c1-30-16-7-4-3-6-13(16)11-26-12-15(21(29)31-2)18-14(20(26)28)10-23-22-24-19(25-27(18)22)17-8-5-9-32-17/h3-10,12H,11H2,1-2H3. The van der Waals surface area contributed by atoms with Gasteiger partial charge in [0.1, 0.15) is 11.3 Å². The van der Waals surface area contributed by atoms with Crippen molar-refractivity contribution < 1.29 is 14.3 Å².